The first-order valence-corrected chi connectivity index (χ1v) is 11.8. The minimum absolute atomic E-state index is 0.0287. The van der Waals surface area contributed by atoms with Crippen molar-refractivity contribution in [3.8, 4) is 0 Å². The molecule has 0 saturated carbocycles. The molecule has 2 aromatic rings. The third-order valence-corrected chi connectivity index (χ3v) is 6.84. The summed E-state index contributed by atoms with van der Waals surface area (Å²) in [5.41, 5.74) is 5.53. The summed E-state index contributed by atoms with van der Waals surface area (Å²) >= 11 is 0. The van der Waals surface area contributed by atoms with Crippen molar-refractivity contribution in [2.75, 3.05) is 9.80 Å². The van der Waals surface area contributed by atoms with Crippen molar-refractivity contribution in [2.24, 2.45) is 0 Å². The van der Waals surface area contributed by atoms with E-state index in [2.05, 4.69) is 57.0 Å². The fourth-order valence-electron chi connectivity index (χ4n) is 5.56. The van der Waals surface area contributed by atoms with Gasteiger partial charge in [-0.05, 0) is 106 Å². The molecule has 0 aliphatic carbocycles. The zero-order valence-corrected chi connectivity index (χ0v) is 21.0. The number of fused-ring (bicyclic) bond motifs is 1. The summed E-state index contributed by atoms with van der Waals surface area (Å²) in [6.45, 7) is 15.1. The molecule has 1 atom stereocenters. The van der Waals surface area contributed by atoms with Gasteiger partial charge in [0.05, 0.1) is 5.69 Å². The second-order valence-corrected chi connectivity index (χ2v) is 10.4. The molecule has 0 unspecified atom stereocenters. The fraction of sp³-hybridized carbons (Fsp3) is 0.393. The molecule has 2 heterocycles. The number of nitrogens with one attached hydrogen (secondary N) is 1. The van der Waals surface area contributed by atoms with Crippen molar-refractivity contribution in [1.82, 2.24) is 5.32 Å². The third kappa shape index (κ3) is 4.02. The summed E-state index contributed by atoms with van der Waals surface area (Å²) in [6.07, 6.45) is 2.63. The number of carbonyl (C=O) groups excluding carboxylic acids is 3. The molecule has 0 spiro atoms. The van der Waals surface area contributed by atoms with E-state index in [1.807, 2.05) is 19.9 Å². The fourth-order valence-corrected chi connectivity index (χ4v) is 5.56. The van der Waals surface area contributed by atoms with E-state index >= 15 is 0 Å². The lowest BCUT2D eigenvalue weighted by molar-refractivity contribution is -0.122. The topological polar surface area (TPSA) is 69.7 Å². The number of amides is 4. The monoisotopic (exact) mass is 459 g/mol. The molecule has 4 rings (SSSR count). The molecule has 2 aromatic carbocycles. The van der Waals surface area contributed by atoms with Crippen molar-refractivity contribution in [2.45, 2.75) is 72.4 Å². The summed E-state index contributed by atoms with van der Waals surface area (Å²) < 4.78 is 0. The predicted octanol–water partition coefficient (Wildman–Crippen LogP) is 5.47. The van der Waals surface area contributed by atoms with Gasteiger partial charge in [0.15, 0.2) is 0 Å². The number of rotatable bonds is 3. The predicted molar refractivity (Wildman–Crippen MR) is 136 cm³/mol. The van der Waals surface area contributed by atoms with Gasteiger partial charge in [-0.15, -0.1) is 0 Å². The number of urea groups is 1. The Kier molecular flexibility index (Phi) is 5.88. The summed E-state index contributed by atoms with van der Waals surface area (Å²) in [6, 6.07) is 11.0. The van der Waals surface area contributed by atoms with E-state index in [0.717, 1.165) is 28.0 Å². The maximum absolute atomic E-state index is 13.3. The van der Waals surface area contributed by atoms with Crippen LogP contribution in [0.25, 0.3) is 6.08 Å². The Labute approximate surface area is 201 Å². The second-order valence-electron chi connectivity index (χ2n) is 10.4. The van der Waals surface area contributed by atoms with Crippen LogP contribution in [0, 0.1) is 13.8 Å². The quantitative estimate of drug-likeness (QED) is 0.488. The van der Waals surface area contributed by atoms with E-state index < -0.39 is 17.8 Å². The molecule has 1 fully saturated rings. The van der Waals surface area contributed by atoms with E-state index in [0.29, 0.717) is 17.6 Å². The van der Waals surface area contributed by atoms with E-state index in [9.17, 15) is 14.4 Å². The molecule has 34 heavy (non-hydrogen) atoms. The maximum atomic E-state index is 13.3. The summed E-state index contributed by atoms with van der Waals surface area (Å²) in [7, 11) is 0. The van der Waals surface area contributed by atoms with E-state index in [1.165, 1.54) is 11.3 Å². The molecule has 6 heteroatoms. The number of nitrogens with zero attached hydrogens (tertiary/aromatic N) is 2. The van der Waals surface area contributed by atoms with Crippen LogP contribution < -0.4 is 15.1 Å². The van der Waals surface area contributed by atoms with Crippen LogP contribution in [0.15, 0.2) is 42.0 Å². The third-order valence-electron chi connectivity index (χ3n) is 6.84. The molecular weight excluding hydrogens is 426 g/mol. The first-order valence-electron chi connectivity index (χ1n) is 11.8. The molecule has 0 radical (unpaired) electrons. The van der Waals surface area contributed by atoms with E-state index in [4.69, 9.17) is 0 Å². The SMILES string of the molecule is Cc1cccc(N2C(=O)NC(=O)/C(=C\c3cc4c(cc3C)N(C(C)C)C(C)(C)C[C@@H]4C)C2=O)c1. The first kappa shape index (κ1) is 23.7. The lowest BCUT2D eigenvalue weighted by Gasteiger charge is -2.50. The van der Waals surface area contributed by atoms with Gasteiger partial charge in [0.2, 0.25) is 0 Å². The van der Waals surface area contributed by atoms with Crippen LogP contribution in [0.1, 0.15) is 69.2 Å². The standard InChI is InChI=1S/C28H33N3O3/c1-16(2)31-24-12-18(4)20(13-22(24)19(5)15-28(31,6)7)14-23-25(32)29-27(34)30(26(23)33)21-10-8-9-17(3)11-21/h8-14,16,19H,15H2,1-7H3,(H,29,32,34)/b23-14+/t19-/m0/s1. The van der Waals surface area contributed by atoms with Crippen molar-refractivity contribution in [1.29, 1.82) is 0 Å². The molecular formula is C28H33N3O3. The highest BCUT2D eigenvalue weighted by Crippen LogP contribution is 2.45. The number of carbonyl (C=O) groups is 3. The summed E-state index contributed by atoms with van der Waals surface area (Å²) in [4.78, 5) is 42.0. The van der Waals surface area contributed by atoms with Gasteiger partial charge in [0.25, 0.3) is 11.8 Å². The highest BCUT2D eigenvalue weighted by Gasteiger charge is 2.39. The summed E-state index contributed by atoms with van der Waals surface area (Å²) in [5, 5.41) is 2.32. The lowest BCUT2D eigenvalue weighted by atomic mass is 9.78. The molecule has 0 aromatic heterocycles. The minimum atomic E-state index is -0.733. The number of hydrogen-bond acceptors (Lipinski definition) is 4. The Hall–Kier alpha value is -3.41. The molecule has 1 N–H and O–H groups in total. The highest BCUT2D eigenvalue weighted by molar-refractivity contribution is 6.39. The van der Waals surface area contributed by atoms with Crippen molar-refractivity contribution in [3.63, 3.8) is 0 Å². The van der Waals surface area contributed by atoms with Gasteiger partial charge < -0.3 is 4.90 Å². The lowest BCUT2D eigenvalue weighted by Crippen LogP contribution is -2.54. The van der Waals surface area contributed by atoms with Crippen LogP contribution in [-0.2, 0) is 9.59 Å². The second kappa shape index (κ2) is 8.42. The molecule has 1 saturated heterocycles. The Morgan fingerprint density at radius 1 is 1.09 bits per heavy atom. The molecule has 178 valence electrons. The Balaban J connectivity index is 1.79. The van der Waals surface area contributed by atoms with Crippen LogP contribution in [0.5, 0.6) is 0 Å². The van der Waals surface area contributed by atoms with Crippen molar-refractivity contribution in [3.05, 3.63) is 64.2 Å². The Morgan fingerprint density at radius 3 is 2.44 bits per heavy atom. The normalized spacial score (nSPS) is 21.2. The minimum Gasteiger partial charge on any atom is -0.364 e. The Morgan fingerprint density at radius 2 is 1.79 bits per heavy atom. The molecule has 6 nitrogen and oxygen atoms in total. The van der Waals surface area contributed by atoms with Crippen molar-refractivity contribution >= 4 is 35.3 Å². The van der Waals surface area contributed by atoms with Crippen LogP contribution in [-0.4, -0.2) is 29.4 Å². The average Bonchev–Trinajstić information content (AvgIpc) is 2.70. The number of hydrogen-bond donors (Lipinski definition) is 1. The Bertz CT molecular complexity index is 1230. The van der Waals surface area contributed by atoms with Gasteiger partial charge >= 0.3 is 6.03 Å². The largest absolute Gasteiger partial charge is 0.364 e. The smallest absolute Gasteiger partial charge is 0.335 e. The summed E-state index contributed by atoms with van der Waals surface area (Å²) in [5.74, 6) is -0.956. The molecule has 0 bridgehead atoms. The van der Waals surface area contributed by atoms with Crippen LogP contribution in [0.3, 0.4) is 0 Å². The van der Waals surface area contributed by atoms with Crippen LogP contribution >= 0.6 is 0 Å². The number of benzene rings is 2. The first-order chi connectivity index (χ1) is 15.9. The molecule has 2 aliphatic heterocycles. The van der Waals surface area contributed by atoms with Gasteiger partial charge in [-0.1, -0.05) is 19.1 Å². The maximum Gasteiger partial charge on any atom is 0.335 e. The van der Waals surface area contributed by atoms with Crippen LogP contribution in [0.2, 0.25) is 0 Å². The van der Waals surface area contributed by atoms with Gasteiger partial charge in [-0.2, -0.15) is 0 Å². The van der Waals surface area contributed by atoms with Gasteiger partial charge in [-0.3, -0.25) is 14.9 Å². The van der Waals surface area contributed by atoms with Crippen LogP contribution in [0.4, 0.5) is 16.2 Å². The number of aryl methyl sites for hydroxylation is 2. The molecule has 2 aliphatic rings. The van der Waals surface area contributed by atoms with Crippen molar-refractivity contribution < 1.29 is 14.4 Å². The van der Waals surface area contributed by atoms with E-state index in [1.54, 1.807) is 24.3 Å². The van der Waals surface area contributed by atoms with Gasteiger partial charge in [0.1, 0.15) is 5.57 Å². The van der Waals surface area contributed by atoms with E-state index in [-0.39, 0.29) is 11.1 Å². The zero-order valence-electron chi connectivity index (χ0n) is 21.0. The number of imide groups is 2. The number of anilines is 2. The average molecular weight is 460 g/mol. The van der Waals surface area contributed by atoms with Gasteiger partial charge in [-0.25, -0.2) is 9.69 Å². The molecule has 4 amide bonds. The number of barbiturate groups is 1. The van der Waals surface area contributed by atoms with Gasteiger partial charge in [0, 0.05) is 17.3 Å². The highest BCUT2D eigenvalue weighted by atomic mass is 16.2. The zero-order chi connectivity index (χ0) is 24.9.